The second-order valence-corrected chi connectivity index (χ2v) is 17.8. The van der Waals surface area contributed by atoms with Gasteiger partial charge in [0.15, 0.2) is 0 Å². The monoisotopic (exact) mass is 608 g/mol. The van der Waals surface area contributed by atoms with Gasteiger partial charge < -0.3 is 4.55 Å². The van der Waals surface area contributed by atoms with Crippen LogP contribution in [0.15, 0.2) is 0 Å². The molecule has 6 heteroatoms. The van der Waals surface area contributed by atoms with Crippen molar-refractivity contribution in [3.8, 4) is 0 Å². The predicted octanol–water partition coefficient (Wildman–Crippen LogP) is 12.2. The Labute approximate surface area is 254 Å². The molecule has 0 saturated heterocycles. The van der Waals surface area contributed by atoms with E-state index in [1.807, 2.05) is 0 Å². The molecule has 0 aromatic carbocycles. The molecule has 1 N–H and O–H groups in total. The van der Waals surface area contributed by atoms with Crippen LogP contribution in [0.3, 0.4) is 0 Å². The lowest BCUT2D eigenvalue weighted by Gasteiger charge is -2.28. The molecule has 0 aromatic heterocycles. The van der Waals surface area contributed by atoms with Crippen molar-refractivity contribution in [2.24, 2.45) is 0 Å². The minimum atomic E-state index is -4.92. The average Bonchev–Trinajstić information content (AvgIpc) is 2.91. The normalized spacial score (nSPS) is 11.9. The third-order valence-electron chi connectivity index (χ3n) is 8.44. The van der Waals surface area contributed by atoms with Crippen LogP contribution in [0.25, 0.3) is 0 Å². The molecular weight excluding hydrogens is 535 g/mol. The maximum absolute atomic E-state index is 8.63. The summed E-state index contributed by atoms with van der Waals surface area (Å²) < 4.78 is 32.8. The second-order valence-electron chi connectivity index (χ2n) is 12.4. The summed E-state index contributed by atoms with van der Waals surface area (Å²) in [7, 11) is -5.62. The Morgan fingerprint density at radius 3 is 0.750 bits per heavy atom. The van der Waals surface area contributed by atoms with Gasteiger partial charge in [-0.1, -0.05) is 143 Å². The van der Waals surface area contributed by atoms with Crippen molar-refractivity contribution in [2.45, 2.75) is 195 Å². The Bertz CT molecular complexity index is 543. The van der Waals surface area contributed by atoms with Crippen LogP contribution in [0.1, 0.15) is 195 Å². The van der Waals surface area contributed by atoms with Crippen LogP contribution in [0.4, 0.5) is 0 Å². The first-order chi connectivity index (χ1) is 19.2. The van der Waals surface area contributed by atoms with Crippen molar-refractivity contribution < 1.29 is 17.5 Å². The summed E-state index contributed by atoms with van der Waals surface area (Å²) in [6.45, 7) is 9.42. The van der Waals surface area contributed by atoms with E-state index in [-0.39, 0.29) is 0 Å². The summed E-state index contributed by atoms with van der Waals surface area (Å²) in [5.74, 6) is 0. The van der Waals surface area contributed by atoms with E-state index in [1.165, 1.54) is 141 Å². The second kappa shape index (κ2) is 32.2. The van der Waals surface area contributed by atoms with Gasteiger partial charge in [-0.05, 0) is 51.4 Å². The van der Waals surface area contributed by atoms with Gasteiger partial charge in [0, 0.05) is 7.26 Å². The maximum atomic E-state index is 8.63. The molecule has 0 saturated carbocycles. The number of unbranched alkanes of at least 4 members (excludes halogenated alkanes) is 22. The largest absolute Gasteiger partial charge is 0.726 e. The lowest BCUT2D eigenvalue weighted by atomic mass is 10.0. The highest BCUT2D eigenvalue weighted by Gasteiger charge is 2.34. The van der Waals surface area contributed by atoms with E-state index in [0.29, 0.717) is 0 Å². The number of hydrogen-bond acceptors (Lipinski definition) is 3. The molecule has 0 radical (unpaired) electrons. The van der Waals surface area contributed by atoms with Crippen molar-refractivity contribution >= 4 is 17.7 Å². The van der Waals surface area contributed by atoms with Crippen LogP contribution < -0.4 is 0 Å². The van der Waals surface area contributed by atoms with E-state index in [1.54, 1.807) is 50.3 Å². The van der Waals surface area contributed by atoms with Gasteiger partial charge >= 0.3 is 0 Å². The minimum absolute atomic E-state index is 0.701. The van der Waals surface area contributed by atoms with Gasteiger partial charge in [0.25, 0.3) is 0 Å². The Balaban J connectivity index is 0. The third-order valence-corrected chi connectivity index (χ3v) is 13.5. The molecule has 4 nitrogen and oxygen atoms in total. The summed E-state index contributed by atoms with van der Waals surface area (Å²) in [5, 5.41) is 0. The van der Waals surface area contributed by atoms with Gasteiger partial charge in [0.05, 0.1) is 24.6 Å². The zero-order valence-electron chi connectivity index (χ0n) is 27.7. The summed E-state index contributed by atoms with van der Waals surface area (Å²) in [6, 6.07) is 0. The molecule has 0 rings (SSSR count). The standard InChI is InChI=1S/C34H72P.H2O4S/c1-5-9-13-17-18-19-20-21-22-23-24-25-26-30-34-35(31-27-14-10-6-2,32-28-15-11-7-3)33-29-16-12-8-4;1-5(2,3)4/h5-34H2,1-4H3;(H2,1,2,3,4)/q+1;/p-1. The summed E-state index contributed by atoms with van der Waals surface area (Å²) >= 11 is 0. The van der Waals surface area contributed by atoms with E-state index in [4.69, 9.17) is 17.5 Å². The van der Waals surface area contributed by atoms with Crippen LogP contribution in [-0.2, 0) is 10.4 Å². The molecule has 0 heterocycles. The minimum Gasteiger partial charge on any atom is -0.726 e. The fourth-order valence-electron chi connectivity index (χ4n) is 5.93. The Morgan fingerprint density at radius 2 is 0.550 bits per heavy atom. The fraction of sp³-hybridized carbons (Fsp3) is 1.00. The van der Waals surface area contributed by atoms with Crippen LogP contribution >= 0.6 is 7.26 Å². The van der Waals surface area contributed by atoms with Crippen LogP contribution in [-0.4, -0.2) is 42.2 Å². The molecule has 0 unspecified atom stereocenters. The molecule has 0 amide bonds. The molecule has 0 fully saturated rings. The molecular formula is C34H73O4PS. The molecule has 0 atom stereocenters. The Morgan fingerprint density at radius 1 is 0.400 bits per heavy atom. The predicted molar refractivity (Wildman–Crippen MR) is 181 cm³/mol. The lowest BCUT2D eigenvalue weighted by molar-refractivity contribution is 0.366. The third kappa shape index (κ3) is 36.3. The van der Waals surface area contributed by atoms with E-state index in [9.17, 15) is 0 Å². The molecule has 0 aliphatic rings. The smallest absolute Gasteiger partial charge is 0.215 e. The summed E-state index contributed by atoms with van der Waals surface area (Å²) in [5.41, 5.74) is 0. The zero-order valence-corrected chi connectivity index (χ0v) is 29.5. The van der Waals surface area contributed by atoms with Gasteiger partial charge in [0.1, 0.15) is 0 Å². The van der Waals surface area contributed by atoms with Gasteiger partial charge in [-0.2, -0.15) is 0 Å². The lowest BCUT2D eigenvalue weighted by Crippen LogP contribution is -2.13. The topological polar surface area (TPSA) is 77.4 Å². The molecule has 0 aliphatic carbocycles. The van der Waals surface area contributed by atoms with Crippen LogP contribution in [0.2, 0.25) is 0 Å². The van der Waals surface area contributed by atoms with Crippen molar-refractivity contribution in [1.82, 2.24) is 0 Å². The van der Waals surface area contributed by atoms with Crippen molar-refractivity contribution in [3.63, 3.8) is 0 Å². The molecule has 244 valence electrons. The quantitative estimate of drug-likeness (QED) is 0.0381. The SMILES string of the molecule is CCCCCCCCCCCCCCCC[P+](CCCCCC)(CCCCCC)CCCCCC.O=S(=O)([O-])O. The fourth-order valence-corrected chi connectivity index (χ4v) is 10.9. The first kappa shape index (κ1) is 42.4. The molecule has 0 bridgehead atoms. The molecule has 0 spiro atoms. The van der Waals surface area contributed by atoms with Crippen molar-refractivity contribution in [2.75, 3.05) is 24.6 Å². The first-order valence-electron chi connectivity index (χ1n) is 17.8. The van der Waals surface area contributed by atoms with E-state index in [0.717, 1.165) is 0 Å². The van der Waals surface area contributed by atoms with Gasteiger partial charge in [-0.15, -0.1) is 0 Å². The average molecular weight is 609 g/mol. The highest BCUT2D eigenvalue weighted by Crippen LogP contribution is 2.61. The van der Waals surface area contributed by atoms with Gasteiger partial charge in [-0.25, -0.2) is 8.42 Å². The zero-order chi connectivity index (χ0) is 30.2. The Hall–Kier alpha value is 0.300. The number of hydrogen-bond donors (Lipinski definition) is 1. The molecule has 40 heavy (non-hydrogen) atoms. The molecule has 0 aromatic rings. The highest BCUT2D eigenvalue weighted by atomic mass is 32.3. The summed E-state index contributed by atoms with van der Waals surface area (Å²) in [6.07, 6.45) is 45.1. The summed E-state index contributed by atoms with van der Waals surface area (Å²) in [4.78, 5) is 0. The van der Waals surface area contributed by atoms with Gasteiger partial charge in [-0.3, -0.25) is 4.55 Å². The van der Waals surface area contributed by atoms with Crippen LogP contribution in [0.5, 0.6) is 0 Å². The maximum Gasteiger partial charge on any atom is 0.215 e. The van der Waals surface area contributed by atoms with Gasteiger partial charge in [0.2, 0.25) is 10.4 Å². The van der Waals surface area contributed by atoms with Crippen molar-refractivity contribution in [1.29, 1.82) is 0 Å². The van der Waals surface area contributed by atoms with E-state index in [2.05, 4.69) is 27.7 Å². The molecule has 0 aliphatic heterocycles. The van der Waals surface area contributed by atoms with E-state index < -0.39 is 17.7 Å². The van der Waals surface area contributed by atoms with E-state index >= 15 is 0 Å². The van der Waals surface area contributed by atoms with Crippen LogP contribution in [0, 0.1) is 0 Å². The van der Waals surface area contributed by atoms with Crippen molar-refractivity contribution in [3.05, 3.63) is 0 Å². The first-order valence-corrected chi connectivity index (χ1v) is 21.7. The number of rotatable bonds is 30. The Kier molecular flexibility index (Phi) is 34.2. The highest BCUT2D eigenvalue weighted by molar-refractivity contribution is 7.79.